The van der Waals surface area contributed by atoms with Crippen LogP contribution >= 0.6 is 0 Å². The first-order valence-electron chi connectivity index (χ1n) is 10.4. The summed E-state index contributed by atoms with van der Waals surface area (Å²) in [6, 6.07) is 0. The molecule has 5 heteroatoms. The second-order valence-corrected chi connectivity index (χ2v) is 10.1. The minimum absolute atomic E-state index is 0.00766. The smallest absolute Gasteiger partial charge is 0.133 e. The highest BCUT2D eigenvalue weighted by molar-refractivity contribution is 5.80. The van der Waals surface area contributed by atoms with Crippen molar-refractivity contribution in [2.45, 2.75) is 88.9 Å². The Labute approximate surface area is 155 Å². The second-order valence-electron chi connectivity index (χ2n) is 10.1. The van der Waals surface area contributed by atoms with Gasteiger partial charge in [-0.1, -0.05) is 6.92 Å². The number of ketones is 1. The molecule has 0 heterocycles. The third-order valence-electron chi connectivity index (χ3n) is 9.42. The van der Waals surface area contributed by atoms with Crippen molar-refractivity contribution in [1.29, 1.82) is 0 Å². The summed E-state index contributed by atoms with van der Waals surface area (Å²) in [7, 11) is 0. The Hall–Kier alpha value is -0.490. The van der Waals surface area contributed by atoms with Gasteiger partial charge in [0.05, 0.1) is 23.9 Å². The SMILES string of the molecule is CC(=O)[C@@H]1CC[C@]2(O)[C@H]3CC[C@@]4(O)C[C@@H](O)CC[C@]4(CO)[C@@H]3CC[C@@]12C. The summed E-state index contributed by atoms with van der Waals surface area (Å²) in [6.07, 6.45) is 5.17. The van der Waals surface area contributed by atoms with Crippen LogP contribution in [0.1, 0.15) is 71.6 Å². The molecule has 4 fully saturated rings. The topological polar surface area (TPSA) is 98.0 Å². The summed E-state index contributed by atoms with van der Waals surface area (Å²) in [5.74, 6) is 0.134. The summed E-state index contributed by atoms with van der Waals surface area (Å²) in [5, 5.41) is 43.8. The Kier molecular flexibility index (Phi) is 4.17. The third kappa shape index (κ3) is 2.09. The lowest BCUT2D eigenvalue weighted by molar-refractivity contribution is -0.269. The van der Waals surface area contributed by atoms with Crippen LogP contribution in [0.25, 0.3) is 0 Å². The zero-order valence-corrected chi connectivity index (χ0v) is 16.1. The van der Waals surface area contributed by atoms with E-state index in [4.69, 9.17) is 0 Å². The Morgan fingerprint density at radius 2 is 1.69 bits per heavy atom. The molecule has 0 aliphatic heterocycles. The summed E-state index contributed by atoms with van der Waals surface area (Å²) in [4.78, 5) is 12.2. The van der Waals surface area contributed by atoms with Crippen molar-refractivity contribution in [2.24, 2.45) is 28.6 Å². The van der Waals surface area contributed by atoms with Gasteiger partial charge in [0, 0.05) is 23.2 Å². The molecule has 4 aliphatic rings. The van der Waals surface area contributed by atoms with E-state index in [9.17, 15) is 25.2 Å². The second kappa shape index (κ2) is 5.76. The van der Waals surface area contributed by atoms with Crippen molar-refractivity contribution in [1.82, 2.24) is 0 Å². The van der Waals surface area contributed by atoms with Gasteiger partial charge in [-0.05, 0) is 70.1 Å². The molecule has 4 rings (SSSR count). The highest BCUT2D eigenvalue weighted by atomic mass is 16.3. The molecule has 8 atom stereocenters. The number of hydrogen-bond donors (Lipinski definition) is 4. The first-order chi connectivity index (χ1) is 12.1. The normalized spacial score (nSPS) is 56.4. The molecule has 0 saturated heterocycles. The number of aliphatic hydroxyl groups excluding tert-OH is 2. The van der Waals surface area contributed by atoms with Crippen LogP contribution in [-0.2, 0) is 4.79 Å². The van der Waals surface area contributed by atoms with E-state index < -0.39 is 28.1 Å². The molecule has 0 aromatic carbocycles. The lowest BCUT2D eigenvalue weighted by Gasteiger charge is -2.66. The molecule has 0 aromatic rings. The van der Waals surface area contributed by atoms with E-state index in [1.165, 1.54) is 0 Å². The first-order valence-corrected chi connectivity index (χ1v) is 10.4. The molecule has 0 spiro atoms. The van der Waals surface area contributed by atoms with Crippen molar-refractivity contribution in [3.8, 4) is 0 Å². The predicted octanol–water partition coefficient (Wildman–Crippen LogP) is 1.80. The number of hydrogen-bond acceptors (Lipinski definition) is 5. The van der Waals surface area contributed by atoms with E-state index in [-0.39, 0.29) is 30.1 Å². The first kappa shape index (κ1) is 18.9. The maximum atomic E-state index is 12.2. The molecule has 4 saturated carbocycles. The van der Waals surface area contributed by atoms with Crippen molar-refractivity contribution in [3.05, 3.63) is 0 Å². The highest BCUT2D eigenvalue weighted by Gasteiger charge is 2.71. The number of fused-ring (bicyclic) bond motifs is 5. The van der Waals surface area contributed by atoms with Gasteiger partial charge in [-0.2, -0.15) is 0 Å². The zero-order chi connectivity index (χ0) is 19.0. The van der Waals surface area contributed by atoms with Crippen LogP contribution in [-0.4, -0.2) is 50.1 Å². The van der Waals surface area contributed by atoms with E-state index in [2.05, 4.69) is 6.92 Å². The molecule has 0 aromatic heterocycles. The van der Waals surface area contributed by atoms with Gasteiger partial charge in [0.15, 0.2) is 0 Å². The number of Topliss-reactive ketones (excluding diaryl/α,β-unsaturated/α-hetero) is 1. The maximum Gasteiger partial charge on any atom is 0.133 e. The monoisotopic (exact) mass is 366 g/mol. The summed E-state index contributed by atoms with van der Waals surface area (Å²) in [5.41, 5.74) is -2.99. The van der Waals surface area contributed by atoms with Crippen LogP contribution in [0.15, 0.2) is 0 Å². The molecule has 0 bridgehead atoms. The number of carbonyl (C=O) groups excluding carboxylic acids is 1. The largest absolute Gasteiger partial charge is 0.396 e. The fourth-order valence-electron chi connectivity index (χ4n) is 7.98. The predicted molar refractivity (Wildman–Crippen MR) is 96.2 cm³/mol. The maximum absolute atomic E-state index is 12.2. The molecule has 4 aliphatic carbocycles. The van der Waals surface area contributed by atoms with E-state index in [0.29, 0.717) is 38.5 Å². The van der Waals surface area contributed by atoms with Gasteiger partial charge in [0.1, 0.15) is 5.78 Å². The van der Waals surface area contributed by atoms with E-state index in [1.807, 2.05) is 0 Å². The number of aliphatic hydroxyl groups is 4. The molecular formula is C21H34O5. The van der Waals surface area contributed by atoms with Gasteiger partial charge in [-0.3, -0.25) is 4.79 Å². The van der Waals surface area contributed by atoms with Crippen LogP contribution in [0, 0.1) is 28.6 Å². The quantitative estimate of drug-likeness (QED) is 0.597. The average Bonchev–Trinajstić information content (AvgIpc) is 2.85. The molecule has 5 nitrogen and oxygen atoms in total. The lowest BCUT2D eigenvalue weighted by Crippen LogP contribution is -2.69. The summed E-state index contributed by atoms with van der Waals surface area (Å²) in [6.45, 7) is 3.63. The van der Waals surface area contributed by atoms with Gasteiger partial charge in [-0.15, -0.1) is 0 Å². The van der Waals surface area contributed by atoms with Gasteiger partial charge in [0.2, 0.25) is 0 Å². The average molecular weight is 366 g/mol. The molecule has 0 unspecified atom stereocenters. The van der Waals surface area contributed by atoms with Crippen LogP contribution in [0.5, 0.6) is 0 Å². The van der Waals surface area contributed by atoms with E-state index in [1.54, 1.807) is 6.92 Å². The van der Waals surface area contributed by atoms with Gasteiger partial charge in [0.25, 0.3) is 0 Å². The molecule has 26 heavy (non-hydrogen) atoms. The van der Waals surface area contributed by atoms with Gasteiger partial charge in [-0.25, -0.2) is 0 Å². The Balaban J connectivity index is 1.74. The lowest BCUT2D eigenvalue weighted by atomic mass is 9.41. The molecule has 0 amide bonds. The Morgan fingerprint density at radius 3 is 2.35 bits per heavy atom. The fraction of sp³-hybridized carbons (Fsp3) is 0.952. The fourth-order valence-corrected chi connectivity index (χ4v) is 7.98. The van der Waals surface area contributed by atoms with Crippen LogP contribution < -0.4 is 0 Å². The minimum Gasteiger partial charge on any atom is -0.396 e. The molecule has 0 radical (unpaired) electrons. The van der Waals surface area contributed by atoms with E-state index in [0.717, 1.165) is 19.3 Å². The van der Waals surface area contributed by atoms with Gasteiger partial charge >= 0.3 is 0 Å². The van der Waals surface area contributed by atoms with Crippen molar-refractivity contribution in [3.63, 3.8) is 0 Å². The summed E-state index contributed by atoms with van der Waals surface area (Å²) < 4.78 is 0. The van der Waals surface area contributed by atoms with Gasteiger partial charge < -0.3 is 20.4 Å². The standard InChI is InChI=1S/C21H34O5/c1-13(23)15-6-10-21(26)17-5-9-20(25)11-14(24)3-8-19(20,12-22)16(17)4-7-18(15,21)2/h14-17,22,24-26H,3-12H2,1-2H3/t14-,15-,16+,17-,18-,19-,20+,21-/m0/s1. The van der Waals surface area contributed by atoms with Crippen molar-refractivity contribution < 1.29 is 25.2 Å². The number of carbonyl (C=O) groups is 1. The number of rotatable bonds is 2. The van der Waals surface area contributed by atoms with Crippen LogP contribution in [0.4, 0.5) is 0 Å². The van der Waals surface area contributed by atoms with E-state index >= 15 is 0 Å². The van der Waals surface area contributed by atoms with Crippen LogP contribution in [0.2, 0.25) is 0 Å². The van der Waals surface area contributed by atoms with Crippen molar-refractivity contribution >= 4 is 5.78 Å². The Bertz CT molecular complexity index is 607. The van der Waals surface area contributed by atoms with Crippen LogP contribution in [0.3, 0.4) is 0 Å². The zero-order valence-electron chi connectivity index (χ0n) is 16.1. The highest BCUT2D eigenvalue weighted by Crippen LogP contribution is 2.69. The third-order valence-corrected chi connectivity index (χ3v) is 9.42. The Morgan fingerprint density at radius 1 is 1.00 bits per heavy atom. The molecule has 4 N–H and O–H groups in total. The summed E-state index contributed by atoms with van der Waals surface area (Å²) >= 11 is 0. The molecule has 148 valence electrons. The van der Waals surface area contributed by atoms with Crippen molar-refractivity contribution in [2.75, 3.05) is 6.61 Å². The minimum atomic E-state index is -1.05. The molecular weight excluding hydrogens is 332 g/mol.